The molecule has 0 radical (unpaired) electrons. The van der Waals surface area contributed by atoms with Crippen LogP contribution in [-0.4, -0.2) is 37.1 Å². The highest BCUT2D eigenvalue weighted by Gasteiger charge is 2.24. The molecule has 0 bridgehead atoms. The molecule has 2 rings (SSSR count). The largest absolute Gasteiger partial charge is 0.311 e. The molecule has 1 fully saturated rings. The lowest BCUT2D eigenvalue weighted by molar-refractivity contribution is 0.163. The maximum Gasteiger partial charge on any atom is 0.0261 e. The van der Waals surface area contributed by atoms with Crippen LogP contribution in [0.4, 0.5) is 0 Å². The second-order valence-electron chi connectivity index (χ2n) is 4.62. The molecule has 88 valence electrons. The van der Waals surface area contributed by atoms with Crippen molar-refractivity contribution >= 4 is 15.9 Å². The lowest BCUT2D eigenvalue weighted by Crippen LogP contribution is -2.55. The van der Waals surface area contributed by atoms with Crippen molar-refractivity contribution in [3.8, 4) is 0 Å². The molecule has 1 heterocycles. The van der Waals surface area contributed by atoms with Crippen LogP contribution in [0.3, 0.4) is 0 Å². The molecule has 0 spiro atoms. The molecule has 1 aromatic carbocycles. The molecule has 1 aromatic rings. The number of rotatable bonds is 2. The van der Waals surface area contributed by atoms with Gasteiger partial charge in [-0.2, -0.15) is 0 Å². The minimum Gasteiger partial charge on any atom is -0.311 e. The molecule has 1 aliphatic rings. The number of hydrogen-bond acceptors (Lipinski definition) is 2. The van der Waals surface area contributed by atoms with Crippen LogP contribution in [0.25, 0.3) is 0 Å². The Bertz CT molecular complexity index is 354. The highest BCUT2D eigenvalue weighted by atomic mass is 79.9. The van der Waals surface area contributed by atoms with E-state index in [1.54, 1.807) is 0 Å². The van der Waals surface area contributed by atoms with E-state index >= 15 is 0 Å². The van der Waals surface area contributed by atoms with E-state index in [1.165, 1.54) is 10.0 Å². The van der Waals surface area contributed by atoms with Crippen LogP contribution in [0, 0.1) is 0 Å². The Morgan fingerprint density at radius 3 is 3.06 bits per heavy atom. The summed E-state index contributed by atoms with van der Waals surface area (Å²) in [5, 5.41) is 3.61. The monoisotopic (exact) mass is 282 g/mol. The van der Waals surface area contributed by atoms with Crippen LogP contribution in [0.5, 0.6) is 0 Å². The SMILES string of the molecule is CC1C(Cc2cccc(Br)c2)NCCN1C. The number of halogens is 1. The van der Waals surface area contributed by atoms with Crippen molar-refractivity contribution in [1.29, 1.82) is 0 Å². The predicted molar refractivity (Wildman–Crippen MR) is 71.7 cm³/mol. The molecule has 1 saturated heterocycles. The van der Waals surface area contributed by atoms with Gasteiger partial charge in [0.15, 0.2) is 0 Å². The highest BCUT2D eigenvalue weighted by molar-refractivity contribution is 9.10. The molecule has 0 saturated carbocycles. The van der Waals surface area contributed by atoms with Gasteiger partial charge in [0, 0.05) is 29.6 Å². The Morgan fingerprint density at radius 2 is 2.31 bits per heavy atom. The van der Waals surface area contributed by atoms with Gasteiger partial charge in [0.1, 0.15) is 0 Å². The number of likely N-dealkylation sites (N-methyl/N-ethyl adjacent to an activating group) is 1. The van der Waals surface area contributed by atoms with E-state index in [1.807, 2.05) is 0 Å². The summed E-state index contributed by atoms with van der Waals surface area (Å²) < 4.78 is 1.17. The fourth-order valence-electron chi connectivity index (χ4n) is 2.27. The predicted octanol–water partition coefficient (Wildman–Crippen LogP) is 2.28. The number of nitrogens with zero attached hydrogens (tertiary/aromatic N) is 1. The fourth-order valence-corrected chi connectivity index (χ4v) is 2.71. The zero-order valence-corrected chi connectivity index (χ0v) is 11.5. The van der Waals surface area contributed by atoms with Crippen LogP contribution >= 0.6 is 15.9 Å². The first-order valence-electron chi connectivity index (χ1n) is 5.85. The maximum atomic E-state index is 3.61. The van der Waals surface area contributed by atoms with Gasteiger partial charge >= 0.3 is 0 Å². The Labute approximate surface area is 106 Å². The van der Waals surface area contributed by atoms with Gasteiger partial charge < -0.3 is 10.2 Å². The van der Waals surface area contributed by atoms with Crippen molar-refractivity contribution in [3.05, 3.63) is 34.3 Å². The summed E-state index contributed by atoms with van der Waals surface area (Å²) in [7, 11) is 2.21. The lowest BCUT2D eigenvalue weighted by Gasteiger charge is -2.38. The summed E-state index contributed by atoms with van der Waals surface area (Å²) in [5.41, 5.74) is 1.40. The van der Waals surface area contributed by atoms with Gasteiger partial charge in [0.25, 0.3) is 0 Å². The van der Waals surface area contributed by atoms with Crippen molar-refractivity contribution < 1.29 is 0 Å². The third-order valence-corrected chi connectivity index (χ3v) is 3.99. The molecule has 3 heteroatoms. The van der Waals surface area contributed by atoms with E-state index in [0.29, 0.717) is 12.1 Å². The summed E-state index contributed by atoms with van der Waals surface area (Å²) in [4.78, 5) is 2.43. The zero-order valence-electron chi connectivity index (χ0n) is 9.91. The van der Waals surface area contributed by atoms with Gasteiger partial charge in [0.2, 0.25) is 0 Å². The van der Waals surface area contributed by atoms with Gasteiger partial charge in [-0.05, 0) is 38.1 Å². The standard InChI is InChI=1S/C13H19BrN2/c1-10-13(15-6-7-16(10)2)9-11-4-3-5-12(14)8-11/h3-5,8,10,13,15H,6-7,9H2,1-2H3. The van der Waals surface area contributed by atoms with Crippen molar-refractivity contribution in [2.24, 2.45) is 0 Å². The smallest absolute Gasteiger partial charge is 0.0261 e. The molecule has 0 aliphatic carbocycles. The van der Waals surface area contributed by atoms with Crippen molar-refractivity contribution in [1.82, 2.24) is 10.2 Å². The van der Waals surface area contributed by atoms with E-state index < -0.39 is 0 Å². The Kier molecular flexibility index (Phi) is 4.00. The van der Waals surface area contributed by atoms with Crippen LogP contribution in [0.15, 0.2) is 28.7 Å². The molecule has 2 nitrogen and oxygen atoms in total. The Balaban J connectivity index is 2.03. The maximum absolute atomic E-state index is 3.61. The van der Waals surface area contributed by atoms with Crippen LogP contribution in [-0.2, 0) is 6.42 Å². The Morgan fingerprint density at radius 1 is 1.50 bits per heavy atom. The van der Waals surface area contributed by atoms with E-state index in [9.17, 15) is 0 Å². The Hall–Kier alpha value is -0.380. The van der Waals surface area contributed by atoms with E-state index in [2.05, 4.69) is 64.4 Å². The van der Waals surface area contributed by atoms with Crippen molar-refractivity contribution in [3.63, 3.8) is 0 Å². The summed E-state index contributed by atoms with van der Waals surface area (Å²) in [5.74, 6) is 0. The minimum atomic E-state index is 0.563. The molecule has 2 atom stereocenters. The zero-order chi connectivity index (χ0) is 11.5. The van der Waals surface area contributed by atoms with Crippen molar-refractivity contribution in [2.45, 2.75) is 25.4 Å². The molecule has 0 amide bonds. The fraction of sp³-hybridized carbons (Fsp3) is 0.538. The van der Waals surface area contributed by atoms with Gasteiger partial charge in [-0.3, -0.25) is 0 Å². The first-order valence-corrected chi connectivity index (χ1v) is 6.64. The molecule has 2 unspecified atom stereocenters. The molecule has 0 aromatic heterocycles. The molecule has 1 aliphatic heterocycles. The second-order valence-corrected chi connectivity index (χ2v) is 5.53. The number of piperazine rings is 1. The van der Waals surface area contributed by atoms with Crippen LogP contribution in [0.1, 0.15) is 12.5 Å². The summed E-state index contributed by atoms with van der Waals surface area (Å²) in [6.45, 7) is 4.55. The highest BCUT2D eigenvalue weighted by Crippen LogP contribution is 2.16. The van der Waals surface area contributed by atoms with E-state index in [0.717, 1.165) is 19.5 Å². The summed E-state index contributed by atoms with van der Waals surface area (Å²) in [6.07, 6.45) is 1.10. The van der Waals surface area contributed by atoms with Gasteiger partial charge in [0.05, 0.1) is 0 Å². The topological polar surface area (TPSA) is 15.3 Å². The van der Waals surface area contributed by atoms with Crippen molar-refractivity contribution in [2.75, 3.05) is 20.1 Å². The number of nitrogens with one attached hydrogen (secondary N) is 1. The quantitative estimate of drug-likeness (QED) is 0.896. The molecule has 16 heavy (non-hydrogen) atoms. The summed E-state index contributed by atoms with van der Waals surface area (Å²) in [6, 6.07) is 9.77. The molecule has 1 N–H and O–H groups in total. The van der Waals surface area contributed by atoms with Gasteiger partial charge in [-0.25, -0.2) is 0 Å². The van der Waals surface area contributed by atoms with Crippen LogP contribution in [0.2, 0.25) is 0 Å². The normalized spacial score (nSPS) is 26.9. The number of hydrogen-bond donors (Lipinski definition) is 1. The first-order chi connectivity index (χ1) is 7.66. The average Bonchev–Trinajstić information content (AvgIpc) is 2.25. The molecular weight excluding hydrogens is 264 g/mol. The van der Waals surface area contributed by atoms with Crippen LogP contribution < -0.4 is 5.32 Å². The lowest BCUT2D eigenvalue weighted by atomic mass is 9.98. The van der Waals surface area contributed by atoms with E-state index in [-0.39, 0.29) is 0 Å². The average molecular weight is 283 g/mol. The van der Waals surface area contributed by atoms with Gasteiger partial charge in [-0.1, -0.05) is 28.1 Å². The minimum absolute atomic E-state index is 0.563. The molecular formula is C13H19BrN2. The second kappa shape index (κ2) is 5.30. The first kappa shape index (κ1) is 12.1. The third-order valence-electron chi connectivity index (χ3n) is 3.49. The summed E-state index contributed by atoms with van der Waals surface area (Å²) >= 11 is 3.52. The van der Waals surface area contributed by atoms with Gasteiger partial charge in [-0.15, -0.1) is 0 Å². The third kappa shape index (κ3) is 2.84. The number of benzene rings is 1. The van der Waals surface area contributed by atoms with E-state index in [4.69, 9.17) is 0 Å².